The summed E-state index contributed by atoms with van der Waals surface area (Å²) in [5.74, 6) is 0.570. The van der Waals surface area contributed by atoms with E-state index in [1.54, 1.807) is 19.2 Å². The van der Waals surface area contributed by atoms with Crippen molar-refractivity contribution in [1.29, 1.82) is 0 Å². The molecule has 0 spiro atoms. The number of carbonyl (C=O) groups excluding carboxylic acids is 2. The van der Waals surface area contributed by atoms with Gasteiger partial charge in [-0.3, -0.25) is 9.59 Å². The number of halogens is 3. The molecule has 0 aromatic heterocycles. The van der Waals surface area contributed by atoms with Crippen molar-refractivity contribution in [3.8, 4) is 5.75 Å². The molecule has 2 saturated heterocycles. The van der Waals surface area contributed by atoms with Gasteiger partial charge in [-0.1, -0.05) is 25.1 Å². The highest BCUT2D eigenvalue weighted by molar-refractivity contribution is 6.06. The van der Waals surface area contributed by atoms with E-state index in [0.29, 0.717) is 43.3 Å². The molecule has 0 aliphatic carbocycles. The van der Waals surface area contributed by atoms with Gasteiger partial charge in [0.05, 0.1) is 23.9 Å². The molecule has 0 bridgehead atoms. The molecule has 2 fully saturated rings. The molecular formula is C32H35F3N4O3. The molecule has 2 aliphatic heterocycles. The highest BCUT2D eigenvalue weighted by Gasteiger charge is 2.31. The highest BCUT2D eigenvalue weighted by atomic mass is 19.4. The summed E-state index contributed by atoms with van der Waals surface area (Å²) >= 11 is 0. The third-order valence-electron chi connectivity index (χ3n) is 8.05. The number of anilines is 3. The zero-order chi connectivity index (χ0) is 29.9. The zero-order valence-corrected chi connectivity index (χ0v) is 23.8. The monoisotopic (exact) mass is 580 g/mol. The number of carbonyl (C=O) groups is 2. The quantitative estimate of drug-likeness (QED) is 0.378. The van der Waals surface area contributed by atoms with Gasteiger partial charge in [-0.25, -0.2) is 0 Å². The fraction of sp³-hybridized carbons (Fsp3) is 0.375. The van der Waals surface area contributed by atoms with Crippen LogP contribution >= 0.6 is 0 Å². The lowest BCUT2D eigenvalue weighted by atomic mass is 9.98. The molecule has 0 unspecified atom stereocenters. The first-order chi connectivity index (χ1) is 20.1. The van der Waals surface area contributed by atoms with Gasteiger partial charge in [-0.2, -0.15) is 13.2 Å². The van der Waals surface area contributed by atoms with Crippen molar-refractivity contribution in [1.82, 2.24) is 4.90 Å². The smallest absolute Gasteiger partial charge is 0.416 e. The van der Waals surface area contributed by atoms with Gasteiger partial charge in [0.2, 0.25) is 0 Å². The first-order valence-corrected chi connectivity index (χ1v) is 14.2. The van der Waals surface area contributed by atoms with E-state index in [4.69, 9.17) is 4.74 Å². The average molecular weight is 581 g/mol. The average Bonchev–Trinajstić information content (AvgIpc) is 3.01. The van der Waals surface area contributed by atoms with Crippen molar-refractivity contribution in [3.63, 3.8) is 0 Å². The van der Waals surface area contributed by atoms with Gasteiger partial charge < -0.3 is 24.8 Å². The van der Waals surface area contributed by atoms with Crippen LogP contribution in [0.5, 0.6) is 5.75 Å². The molecule has 3 aromatic rings. The van der Waals surface area contributed by atoms with E-state index >= 15 is 0 Å². The third kappa shape index (κ3) is 6.48. The van der Waals surface area contributed by atoms with Crippen molar-refractivity contribution >= 4 is 28.9 Å². The summed E-state index contributed by atoms with van der Waals surface area (Å²) in [6.45, 7) is 6.28. The van der Waals surface area contributed by atoms with Gasteiger partial charge in [0.1, 0.15) is 5.75 Å². The normalized spacial score (nSPS) is 16.4. The van der Waals surface area contributed by atoms with Gasteiger partial charge in [0.15, 0.2) is 0 Å². The number of nitrogens with one attached hydrogen (secondary N) is 1. The van der Waals surface area contributed by atoms with E-state index in [2.05, 4.69) is 22.0 Å². The number of nitrogens with zero attached hydrogens (tertiary/aromatic N) is 3. The van der Waals surface area contributed by atoms with Crippen LogP contribution in [0.3, 0.4) is 0 Å². The third-order valence-corrected chi connectivity index (χ3v) is 8.05. The van der Waals surface area contributed by atoms with Crippen LogP contribution in [0.15, 0.2) is 66.7 Å². The van der Waals surface area contributed by atoms with Gasteiger partial charge in [-0.05, 0) is 67.3 Å². The predicted molar refractivity (Wildman–Crippen MR) is 158 cm³/mol. The van der Waals surface area contributed by atoms with Gasteiger partial charge >= 0.3 is 6.18 Å². The lowest BCUT2D eigenvalue weighted by Crippen LogP contribution is -2.47. The number of hydrogen-bond acceptors (Lipinski definition) is 5. The molecule has 5 rings (SSSR count). The molecule has 0 saturated carbocycles. The van der Waals surface area contributed by atoms with Crippen LogP contribution in [0.1, 0.15) is 46.0 Å². The highest BCUT2D eigenvalue weighted by Crippen LogP contribution is 2.33. The Balaban J connectivity index is 1.39. The SMILES string of the molecule is COc1ccccc1N1CCN(c2ccc(NC(=O)c3cccc(C(F)(F)F)c3)cc2C(=O)N2CCC(C)CC2)CC1. The lowest BCUT2D eigenvalue weighted by Gasteiger charge is -2.39. The van der Waals surface area contributed by atoms with E-state index in [1.165, 1.54) is 12.1 Å². The van der Waals surface area contributed by atoms with E-state index in [1.807, 2.05) is 35.2 Å². The number of piperidine rings is 1. The number of methoxy groups -OCH3 is 1. The van der Waals surface area contributed by atoms with E-state index < -0.39 is 17.6 Å². The molecule has 42 heavy (non-hydrogen) atoms. The van der Waals surface area contributed by atoms with Gasteiger partial charge in [-0.15, -0.1) is 0 Å². The molecule has 222 valence electrons. The number of amides is 2. The van der Waals surface area contributed by atoms with Gasteiger partial charge in [0.25, 0.3) is 11.8 Å². The molecule has 7 nitrogen and oxygen atoms in total. The van der Waals surface area contributed by atoms with Crippen LogP contribution < -0.4 is 19.9 Å². The summed E-state index contributed by atoms with van der Waals surface area (Å²) in [6, 6.07) is 17.3. The molecule has 10 heteroatoms. The maximum Gasteiger partial charge on any atom is 0.416 e. The number of para-hydroxylation sites is 2. The summed E-state index contributed by atoms with van der Waals surface area (Å²) < 4.78 is 45.1. The molecule has 2 aliphatic rings. The Kier molecular flexibility index (Phi) is 8.61. The minimum Gasteiger partial charge on any atom is -0.495 e. The number of benzene rings is 3. The Bertz CT molecular complexity index is 1430. The fourth-order valence-corrected chi connectivity index (χ4v) is 5.56. The Morgan fingerprint density at radius 3 is 2.17 bits per heavy atom. The Morgan fingerprint density at radius 1 is 0.833 bits per heavy atom. The second-order valence-corrected chi connectivity index (χ2v) is 10.9. The van der Waals surface area contributed by atoms with E-state index in [0.717, 1.165) is 55.2 Å². The maximum atomic E-state index is 13.8. The van der Waals surface area contributed by atoms with Crippen molar-refractivity contribution in [2.24, 2.45) is 5.92 Å². The summed E-state index contributed by atoms with van der Waals surface area (Å²) in [5, 5.41) is 2.70. The van der Waals surface area contributed by atoms with E-state index in [-0.39, 0.29) is 11.5 Å². The second-order valence-electron chi connectivity index (χ2n) is 10.9. The maximum absolute atomic E-state index is 13.8. The molecule has 0 radical (unpaired) electrons. The summed E-state index contributed by atoms with van der Waals surface area (Å²) in [5.41, 5.74) is 1.60. The number of hydrogen-bond donors (Lipinski definition) is 1. The Morgan fingerprint density at radius 2 is 1.50 bits per heavy atom. The molecule has 1 N–H and O–H groups in total. The molecule has 0 atom stereocenters. The summed E-state index contributed by atoms with van der Waals surface area (Å²) in [4.78, 5) is 33.0. The van der Waals surface area contributed by atoms with Crippen molar-refractivity contribution in [2.45, 2.75) is 25.9 Å². The minimum atomic E-state index is -4.56. The summed E-state index contributed by atoms with van der Waals surface area (Å²) in [7, 11) is 1.65. The number of likely N-dealkylation sites (tertiary alicyclic amines) is 1. The molecule has 2 heterocycles. The number of rotatable bonds is 6. The van der Waals surface area contributed by atoms with Crippen LogP contribution in [0.4, 0.5) is 30.2 Å². The van der Waals surface area contributed by atoms with E-state index in [9.17, 15) is 22.8 Å². The van der Waals surface area contributed by atoms with Crippen LogP contribution in [0.2, 0.25) is 0 Å². The predicted octanol–water partition coefficient (Wildman–Crippen LogP) is 6.17. The van der Waals surface area contributed by atoms with Crippen molar-refractivity contribution in [3.05, 3.63) is 83.4 Å². The van der Waals surface area contributed by atoms with Crippen LogP contribution in [-0.2, 0) is 6.18 Å². The first-order valence-electron chi connectivity index (χ1n) is 14.2. The molecular weight excluding hydrogens is 545 g/mol. The largest absolute Gasteiger partial charge is 0.495 e. The summed E-state index contributed by atoms with van der Waals surface area (Å²) in [6.07, 6.45) is -2.71. The van der Waals surface area contributed by atoms with Crippen LogP contribution in [-0.4, -0.2) is 63.1 Å². The minimum absolute atomic E-state index is 0.112. The van der Waals surface area contributed by atoms with Gasteiger partial charge in [0, 0.05) is 56.2 Å². The van der Waals surface area contributed by atoms with Crippen LogP contribution in [0, 0.1) is 5.92 Å². The molecule has 2 amide bonds. The Hall–Kier alpha value is -4.21. The lowest BCUT2D eigenvalue weighted by molar-refractivity contribution is -0.137. The van der Waals surface area contributed by atoms with Crippen LogP contribution in [0.25, 0.3) is 0 Å². The molecule has 3 aromatic carbocycles. The fourth-order valence-electron chi connectivity index (χ4n) is 5.56. The topological polar surface area (TPSA) is 65.1 Å². The Labute approximate surface area is 243 Å². The van der Waals surface area contributed by atoms with Crippen molar-refractivity contribution in [2.75, 3.05) is 61.5 Å². The number of ether oxygens (including phenoxy) is 1. The van der Waals surface area contributed by atoms with Crippen molar-refractivity contribution < 1.29 is 27.5 Å². The standard InChI is InChI=1S/C32H35F3N4O3/c1-22-12-14-39(15-13-22)31(41)26-21-25(36-30(40)23-6-5-7-24(20-23)32(33,34)35)10-11-27(26)37-16-18-38(19-17-37)28-8-3-4-9-29(28)42-2/h3-11,20-22H,12-19H2,1-2H3,(H,36,40). The number of alkyl halides is 3. The first kappa shape index (κ1) is 29.3. The zero-order valence-electron chi connectivity index (χ0n) is 23.8. The second kappa shape index (κ2) is 12.3. The number of piperazine rings is 1.